The van der Waals surface area contributed by atoms with Crippen LogP contribution in [-0.4, -0.2) is 32.4 Å². The van der Waals surface area contributed by atoms with Gasteiger partial charge in [-0.3, -0.25) is 9.48 Å². The molecule has 0 amide bonds. The van der Waals surface area contributed by atoms with Crippen LogP contribution in [-0.2, 0) is 35.4 Å². The van der Waals surface area contributed by atoms with E-state index in [4.69, 9.17) is 16.3 Å². The predicted octanol–water partition coefficient (Wildman–Crippen LogP) is 1.63. The zero-order valence-corrected chi connectivity index (χ0v) is 12.1. The second-order valence-corrected chi connectivity index (χ2v) is 4.58. The lowest BCUT2D eigenvalue weighted by Crippen LogP contribution is -2.15. The molecule has 0 aliphatic heterocycles. The van der Waals surface area contributed by atoms with Gasteiger partial charge in [0.25, 0.3) is 0 Å². The first-order valence-electron chi connectivity index (χ1n) is 6.16. The number of alkyl halides is 1. The first-order chi connectivity index (χ1) is 9.12. The quantitative estimate of drug-likeness (QED) is 0.618. The number of methoxy groups -OCH3 is 1. The highest BCUT2D eigenvalue weighted by atomic mass is 35.5. The van der Waals surface area contributed by atoms with E-state index in [1.54, 1.807) is 9.25 Å². The smallest absolute Gasteiger partial charge is 0.325 e. The first kappa shape index (κ1) is 13.9. The number of ether oxygens (including phenoxy) is 1. The minimum Gasteiger partial charge on any atom is -0.468 e. The molecule has 19 heavy (non-hydrogen) atoms. The van der Waals surface area contributed by atoms with E-state index in [0.717, 1.165) is 29.7 Å². The van der Waals surface area contributed by atoms with Crippen LogP contribution in [0, 0.1) is 0 Å². The van der Waals surface area contributed by atoms with E-state index in [0.29, 0.717) is 5.82 Å². The Bertz CT molecular complexity index is 602. The van der Waals surface area contributed by atoms with Crippen LogP contribution in [0.3, 0.4) is 0 Å². The van der Waals surface area contributed by atoms with Gasteiger partial charge in [-0.05, 0) is 6.42 Å². The normalized spacial score (nSPS) is 11.2. The fourth-order valence-corrected chi connectivity index (χ4v) is 2.36. The van der Waals surface area contributed by atoms with Gasteiger partial charge in [-0.25, -0.2) is 4.98 Å². The molecule has 0 N–H and O–H groups in total. The van der Waals surface area contributed by atoms with Gasteiger partial charge in [0, 0.05) is 7.05 Å². The maximum Gasteiger partial charge on any atom is 0.325 e. The average molecular weight is 285 g/mol. The minimum absolute atomic E-state index is 0.0974. The number of esters is 1. The maximum atomic E-state index is 11.5. The lowest BCUT2D eigenvalue weighted by Gasteiger charge is -2.06. The monoisotopic (exact) mass is 284 g/mol. The molecule has 7 heteroatoms. The molecule has 2 rings (SSSR count). The van der Waals surface area contributed by atoms with Crippen molar-refractivity contribution >= 4 is 28.7 Å². The molecule has 0 aliphatic carbocycles. The van der Waals surface area contributed by atoms with Crippen molar-refractivity contribution < 1.29 is 9.53 Å². The Morgan fingerprint density at radius 2 is 2.21 bits per heavy atom. The van der Waals surface area contributed by atoms with Gasteiger partial charge in [-0.2, -0.15) is 5.10 Å². The third kappa shape index (κ3) is 2.45. The number of aryl methyl sites for hydroxylation is 2. The number of halogens is 1. The van der Waals surface area contributed by atoms with Crippen LogP contribution in [0.2, 0.25) is 0 Å². The number of hydrogen-bond acceptors (Lipinski definition) is 4. The lowest BCUT2D eigenvalue weighted by atomic mass is 10.2. The molecule has 0 spiro atoms. The van der Waals surface area contributed by atoms with Crippen LogP contribution < -0.4 is 0 Å². The van der Waals surface area contributed by atoms with Gasteiger partial charge in [0.15, 0.2) is 5.65 Å². The Morgan fingerprint density at radius 3 is 2.79 bits per heavy atom. The second-order valence-electron chi connectivity index (χ2n) is 4.32. The summed E-state index contributed by atoms with van der Waals surface area (Å²) in [6.45, 7) is 2.19. The molecule has 6 nitrogen and oxygen atoms in total. The van der Waals surface area contributed by atoms with Crippen LogP contribution in [0.4, 0.5) is 0 Å². The van der Waals surface area contributed by atoms with Crippen molar-refractivity contribution in [1.29, 1.82) is 0 Å². The van der Waals surface area contributed by atoms with Crippen molar-refractivity contribution in [2.24, 2.45) is 7.05 Å². The van der Waals surface area contributed by atoms with Gasteiger partial charge < -0.3 is 9.30 Å². The zero-order valence-electron chi connectivity index (χ0n) is 11.3. The molecular formula is C12H17ClN4O2. The number of nitrogens with zero attached hydrogens (tertiary/aromatic N) is 4. The Morgan fingerprint density at radius 1 is 1.47 bits per heavy atom. The molecule has 104 valence electrons. The summed E-state index contributed by atoms with van der Waals surface area (Å²) in [5, 5.41) is 4.45. The number of aromatic nitrogens is 4. The summed E-state index contributed by atoms with van der Waals surface area (Å²) in [6, 6.07) is 0. The van der Waals surface area contributed by atoms with Gasteiger partial charge in [0.1, 0.15) is 17.9 Å². The number of imidazole rings is 1. The molecule has 2 heterocycles. The van der Waals surface area contributed by atoms with Crippen molar-refractivity contribution in [3.05, 3.63) is 11.5 Å². The molecule has 0 radical (unpaired) electrons. The number of hydrogen-bond donors (Lipinski definition) is 0. The average Bonchev–Trinajstić information content (AvgIpc) is 2.89. The van der Waals surface area contributed by atoms with Crippen LogP contribution in [0.5, 0.6) is 0 Å². The van der Waals surface area contributed by atoms with Crippen molar-refractivity contribution in [1.82, 2.24) is 19.3 Å². The Hall–Kier alpha value is -1.56. The Kier molecular flexibility index (Phi) is 4.09. The number of fused-ring (bicyclic) bond motifs is 1. The van der Waals surface area contributed by atoms with E-state index in [1.807, 2.05) is 7.05 Å². The molecule has 0 aliphatic rings. The highest BCUT2D eigenvalue weighted by Gasteiger charge is 2.20. The summed E-state index contributed by atoms with van der Waals surface area (Å²) < 4.78 is 8.21. The standard InChI is InChI=1S/C12H17ClN4O2/c1-4-5-8-11-12(16(2)15-8)17(7-10(18)19-3)9(6-13)14-11/h4-7H2,1-3H3. The SMILES string of the molecule is CCCc1nn(C)c2c1nc(CCl)n2CC(=O)OC. The molecule has 0 atom stereocenters. The lowest BCUT2D eigenvalue weighted by molar-refractivity contribution is -0.141. The molecule has 0 saturated carbocycles. The fourth-order valence-electron chi connectivity index (χ4n) is 2.15. The molecule has 2 aromatic heterocycles. The van der Waals surface area contributed by atoms with Crippen molar-refractivity contribution in [2.75, 3.05) is 7.11 Å². The minimum atomic E-state index is -0.330. The molecule has 0 saturated heterocycles. The topological polar surface area (TPSA) is 61.9 Å². The van der Waals surface area contributed by atoms with E-state index in [9.17, 15) is 4.79 Å². The van der Waals surface area contributed by atoms with Crippen molar-refractivity contribution in [2.45, 2.75) is 32.2 Å². The van der Waals surface area contributed by atoms with E-state index in [-0.39, 0.29) is 18.4 Å². The Balaban J connectivity index is 2.56. The van der Waals surface area contributed by atoms with Crippen LogP contribution in [0.25, 0.3) is 11.2 Å². The van der Waals surface area contributed by atoms with E-state index >= 15 is 0 Å². The van der Waals surface area contributed by atoms with Crippen LogP contribution in [0.15, 0.2) is 0 Å². The summed E-state index contributed by atoms with van der Waals surface area (Å²) >= 11 is 5.90. The first-order valence-corrected chi connectivity index (χ1v) is 6.69. The maximum absolute atomic E-state index is 11.5. The molecule has 2 aromatic rings. The largest absolute Gasteiger partial charge is 0.468 e. The van der Waals surface area contributed by atoms with Gasteiger partial charge in [0.2, 0.25) is 0 Å². The van der Waals surface area contributed by atoms with Crippen molar-refractivity contribution in [3.8, 4) is 0 Å². The van der Waals surface area contributed by atoms with Gasteiger partial charge in [-0.1, -0.05) is 13.3 Å². The van der Waals surface area contributed by atoms with E-state index in [2.05, 4.69) is 17.0 Å². The number of carbonyl (C=O) groups excluding carboxylic acids is 1. The van der Waals surface area contributed by atoms with Crippen LogP contribution >= 0.6 is 11.6 Å². The summed E-state index contributed by atoms with van der Waals surface area (Å²) in [4.78, 5) is 16.0. The second kappa shape index (κ2) is 5.61. The third-order valence-electron chi connectivity index (χ3n) is 2.99. The van der Waals surface area contributed by atoms with E-state index < -0.39 is 0 Å². The molecular weight excluding hydrogens is 268 g/mol. The summed E-state index contributed by atoms with van der Waals surface area (Å²) in [5.41, 5.74) is 2.57. The van der Waals surface area contributed by atoms with E-state index in [1.165, 1.54) is 7.11 Å². The highest BCUT2D eigenvalue weighted by Crippen LogP contribution is 2.21. The Labute approximate surface area is 116 Å². The highest BCUT2D eigenvalue weighted by molar-refractivity contribution is 6.16. The van der Waals surface area contributed by atoms with Gasteiger partial charge in [-0.15, -0.1) is 11.6 Å². The molecule has 0 fully saturated rings. The summed E-state index contributed by atoms with van der Waals surface area (Å²) in [5.74, 6) is 0.577. The number of carbonyl (C=O) groups is 1. The van der Waals surface area contributed by atoms with Gasteiger partial charge >= 0.3 is 5.97 Å². The summed E-state index contributed by atoms with van der Waals surface area (Å²) in [7, 11) is 3.21. The number of rotatable bonds is 5. The summed E-state index contributed by atoms with van der Waals surface area (Å²) in [6.07, 6.45) is 1.85. The van der Waals surface area contributed by atoms with Crippen molar-refractivity contribution in [3.63, 3.8) is 0 Å². The zero-order chi connectivity index (χ0) is 14.0. The van der Waals surface area contributed by atoms with Crippen LogP contribution in [0.1, 0.15) is 24.9 Å². The third-order valence-corrected chi connectivity index (χ3v) is 3.23. The predicted molar refractivity (Wildman–Crippen MR) is 72.1 cm³/mol. The fraction of sp³-hybridized carbons (Fsp3) is 0.583. The molecule has 0 bridgehead atoms. The molecule has 0 aromatic carbocycles. The van der Waals surface area contributed by atoms with Gasteiger partial charge in [0.05, 0.1) is 18.7 Å². The molecule has 0 unspecified atom stereocenters.